The van der Waals surface area contributed by atoms with Crippen molar-refractivity contribution >= 4 is 43.7 Å². The molecule has 5 nitrogen and oxygen atoms in total. The quantitative estimate of drug-likeness (QED) is 0.206. The summed E-state index contributed by atoms with van der Waals surface area (Å²) in [5.74, 6) is 0.178. The maximum Gasteiger partial charge on any atom is 0.261 e. The number of carbonyl (C=O) groups is 2. The molecule has 3 rings (SSSR count). The molecule has 1 atom stereocenters. The maximum atomic E-state index is 13.8. The van der Waals surface area contributed by atoms with Gasteiger partial charge in [-0.15, -0.1) is 0 Å². The standard InChI is InChI=1S/C32H38Br2N2O3/c1-5-6-18-35-31(38)28(19-23-10-8-7-9-11-23)36(21-24-12-15-26(33)16-13-24)30(37)22-39-29-17-14-25(20-27(29)34)32(2,3)4/h7-17,20,28H,5-6,18-19,21-22H2,1-4H3,(H,35,38). The van der Waals surface area contributed by atoms with Gasteiger partial charge in [-0.1, -0.05) is 98.6 Å². The van der Waals surface area contributed by atoms with Gasteiger partial charge in [-0.25, -0.2) is 0 Å². The molecule has 7 heteroatoms. The first-order valence-corrected chi connectivity index (χ1v) is 15.0. The van der Waals surface area contributed by atoms with Crippen LogP contribution in [0.5, 0.6) is 5.75 Å². The number of unbranched alkanes of at least 4 members (excludes halogenated alkanes) is 1. The van der Waals surface area contributed by atoms with Gasteiger partial charge in [0.1, 0.15) is 11.8 Å². The van der Waals surface area contributed by atoms with Crippen molar-refractivity contribution < 1.29 is 14.3 Å². The molecule has 0 spiro atoms. The summed E-state index contributed by atoms with van der Waals surface area (Å²) in [6.07, 6.45) is 2.26. The first kappa shape index (κ1) is 30.9. The van der Waals surface area contributed by atoms with Gasteiger partial charge in [0.25, 0.3) is 5.91 Å². The summed E-state index contributed by atoms with van der Waals surface area (Å²) in [4.78, 5) is 28.9. The molecule has 0 aromatic heterocycles. The zero-order valence-electron chi connectivity index (χ0n) is 23.2. The SMILES string of the molecule is CCCCNC(=O)C(Cc1ccccc1)N(Cc1ccc(Br)cc1)C(=O)COc1ccc(C(C)(C)C)cc1Br. The van der Waals surface area contributed by atoms with E-state index in [1.54, 1.807) is 4.90 Å². The highest BCUT2D eigenvalue weighted by Crippen LogP contribution is 2.31. The van der Waals surface area contributed by atoms with Crippen molar-refractivity contribution in [3.8, 4) is 5.75 Å². The predicted octanol–water partition coefficient (Wildman–Crippen LogP) is 7.44. The number of carbonyl (C=O) groups excluding carboxylic acids is 2. The van der Waals surface area contributed by atoms with E-state index in [2.05, 4.69) is 64.9 Å². The molecule has 2 amide bonds. The van der Waals surface area contributed by atoms with Crippen molar-refractivity contribution in [1.82, 2.24) is 10.2 Å². The Morgan fingerprint density at radius 2 is 1.64 bits per heavy atom. The van der Waals surface area contributed by atoms with E-state index in [-0.39, 0.29) is 30.4 Å². The fourth-order valence-electron chi connectivity index (χ4n) is 4.15. The Morgan fingerprint density at radius 3 is 2.26 bits per heavy atom. The molecule has 0 saturated heterocycles. The lowest BCUT2D eigenvalue weighted by Gasteiger charge is -2.31. The molecule has 0 aliphatic carbocycles. The van der Waals surface area contributed by atoms with Gasteiger partial charge in [0, 0.05) is 24.0 Å². The molecule has 3 aromatic carbocycles. The van der Waals surface area contributed by atoms with Crippen molar-refractivity contribution in [2.45, 2.75) is 65.0 Å². The lowest BCUT2D eigenvalue weighted by molar-refractivity contribution is -0.142. The predicted molar refractivity (Wildman–Crippen MR) is 165 cm³/mol. The van der Waals surface area contributed by atoms with Crippen LogP contribution in [0.1, 0.15) is 57.2 Å². The molecule has 3 aromatic rings. The Morgan fingerprint density at radius 1 is 0.949 bits per heavy atom. The van der Waals surface area contributed by atoms with Crippen molar-refractivity contribution in [3.05, 3.63) is 98.4 Å². The molecular weight excluding hydrogens is 620 g/mol. The first-order valence-electron chi connectivity index (χ1n) is 13.4. The monoisotopic (exact) mass is 656 g/mol. The minimum atomic E-state index is -0.685. The molecule has 0 fully saturated rings. The van der Waals surface area contributed by atoms with Crippen LogP contribution in [0.15, 0.2) is 81.7 Å². The number of nitrogens with zero attached hydrogens (tertiary/aromatic N) is 1. The number of rotatable bonds is 12. The zero-order chi connectivity index (χ0) is 28.4. The normalized spacial score (nSPS) is 12.1. The molecule has 0 saturated carbocycles. The summed E-state index contributed by atoms with van der Waals surface area (Å²) in [6, 6.07) is 22.9. The molecule has 1 unspecified atom stereocenters. The van der Waals surface area contributed by atoms with Gasteiger partial charge in [-0.05, 0) is 68.7 Å². The van der Waals surface area contributed by atoms with E-state index in [9.17, 15) is 9.59 Å². The number of benzene rings is 3. The second-order valence-corrected chi connectivity index (χ2v) is 12.5. The Labute approximate surface area is 249 Å². The Hall–Kier alpha value is -2.64. The Bertz CT molecular complexity index is 1220. The fourth-order valence-corrected chi connectivity index (χ4v) is 4.91. The number of nitrogens with one attached hydrogen (secondary N) is 1. The zero-order valence-corrected chi connectivity index (χ0v) is 26.3. The Balaban J connectivity index is 1.88. The van der Waals surface area contributed by atoms with Crippen molar-refractivity contribution in [1.29, 1.82) is 0 Å². The van der Waals surface area contributed by atoms with Crippen molar-refractivity contribution in [3.63, 3.8) is 0 Å². The van der Waals surface area contributed by atoms with E-state index in [4.69, 9.17) is 4.74 Å². The van der Waals surface area contributed by atoms with Crippen LogP contribution >= 0.6 is 31.9 Å². The molecule has 0 heterocycles. The molecule has 0 bridgehead atoms. The minimum Gasteiger partial charge on any atom is -0.483 e. The lowest BCUT2D eigenvalue weighted by Crippen LogP contribution is -2.51. The second-order valence-electron chi connectivity index (χ2n) is 10.7. The minimum absolute atomic E-state index is 0.00581. The van der Waals surface area contributed by atoms with E-state index in [0.717, 1.165) is 38.5 Å². The van der Waals surface area contributed by atoms with E-state index in [1.807, 2.05) is 72.8 Å². The summed E-state index contributed by atoms with van der Waals surface area (Å²) in [6.45, 7) is 9.21. The number of hydrogen-bond acceptors (Lipinski definition) is 3. The van der Waals surface area contributed by atoms with Gasteiger partial charge >= 0.3 is 0 Å². The summed E-state index contributed by atoms with van der Waals surface area (Å²) in [7, 11) is 0. The highest BCUT2D eigenvalue weighted by molar-refractivity contribution is 9.10. The average Bonchev–Trinajstić information content (AvgIpc) is 2.91. The van der Waals surface area contributed by atoms with Crippen LogP contribution in [0.25, 0.3) is 0 Å². The van der Waals surface area contributed by atoms with E-state index < -0.39 is 6.04 Å². The van der Waals surface area contributed by atoms with Crippen LogP contribution in [0, 0.1) is 0 Å². The number of halogens is 2. The fraction of sp³-hybridized carbons (Fsp3) is 0.375. The van der Waals surface area contributed by atoms with Gasteiger partial charge in [0.2, 0.25) is 5.91 Å². The average molecular weight is 658 g/mol. The van der Waals surface area contributed by atoms with Gasteiger partial charge in [0.05, 0.1) is 4.47 Å². The molecule has 39 heavy (non-hydrogen) atoms. The highest BCUT2D eigenvalue weighted by Gasteiger charge is 2.30. The van der Waals surface area contributed by atoms with Crippen LogP contribution in [0.3, 0.4) is 0 Å². The third kappa shape index (κ3) is 9.50. The maximum absolute atomic E-state index is 13.8. The van der Waals surface area contributed by atoms with Crippen LogP contribution < -0.4 is 10.1 Å². The number of ether oxygens (including phenoxy) is 1. The van der Waals surface area contributed by atoms with E-state index >= 15 is 0 Å². The smallest absolute Gasteiger partial charge is 0.261 e. The van der Waals surface area contributed by atoms with Crippen molar-refractivity contribution in [2.75, 3.05) is 13.2 Å². The Kier molecular flexibility index (Phi) is 11.6. The van der Waals surface area contributed by atoms with Gasteiger partial charge in [-0.3, -0.25) is 9.59 Å². The second kappa shape index (κ2) is 14.7. The summed E-state index contributed by atoms with van der Waals surface area (Å²) in [5, 5.41) is 3.05. The van der Waals surface area contributed by atoms with Gasteiger partial charge in [0.15, 0.2) is 6.61 Å². The van der Waals surface area contributed by atoms with Gasteiger partial charge < -0.3 is 15.0 Å². The van der Waals surface area contributed by atoms with E-state index in [0.29, 0.717) is 18.7 Å². The topological polar surface area (TPSA) is 58.6 Å². The van der Waals surface area contributed by atoms with Crippen LogP contribution in [0.4, 0.5) is 0 Å². The van der Waals surface area contributed by atoms with E-state index in [1.165, 1.54) is 0 Å². The summed E-state index contributed by atoms with van der Waals surface area (Å²) >= 11 is 7.08. The van der Waals surface area contributed by atoms with Crippen LogP contribution in [-0.4, -0.2) is 35.9 Å². The molecule has 208 valence electrons. The third-order valence-corrected chi connectivity index (χ3v) is 7.66. The number of hydrogen-bond donors (Lipinski definition) is 1. The van der Waals surface area contributed by atoms with Crippen LogP contribution in [0.2, 0.25) is 0 Å². The molecule has 0 aliphatic rings. The molecule has 1 N–H and O–H groups in total. The lowest BCUT2D eigenvalue weighted by atomic mass is 9.87. The van der Waals surface area contributed by atoms with Gasteiger partial charge in [-0.2, -0.15) is 0 Å². The summed E-state index contributed by atoms with van der Waals surface area (Å²) < 4.78 is 7.75. The number of amides is 2. The molecule has 0 radical (unpaired) electrons. The van der Waals surface area contributed by atoms with Crippen LogP contribution in [-0.2, 0) is 28.0 Å². The van der Waals surface area contributed by atoms with Crippen molar-refractivity contribution in [2.24, 2.45) is 0 Å². The molecular formula is C32H38Br2N2O3. The largest absolute Gasteiger partial charge is 0.483 e. The highest BCUT2D eigenvalue weighted by atomic mass is 79.9. The summed E-state index contributed by atoms with van der Waals surface area (Å²) in [5.41, 5.74) is 3.08. The first-order chi connectivity index (χ1) is 18.6. The third-order valence-electron chi connectivity index (χ3n) is 6.52. The molecule has 0 aliphatic heterocycles.